The second-order valence-electron chi connectivity index (χ2n) is 5.98. The molecule has 1 saturated carbocycles. The number of anilines is 1. The lowest BCUT2D eigenvalue weighted by Crippen LogP contribution is -2.51. The molecular formula is C17H19N5O2. The van der Waals surface area contributed by atoms with E-state index in [2.05, 4.69) is 21.6 Å². The largest absolute Gasteiger partial charge is 0.480 e. The molecule has 24 heavy (non-hydrogen) atoms. The SMILES string of the molecule is CCN(CC(=O)O)C1CC(Nc2c(C#N)nnc3ccccc23)C1. The molecule has 1 aliphatic carbocycles. The van der Waals surface area contributed by atoms with E-state index < -0.39 is 5.97 Å². The van der Waals surface area contributed by atoms with Crippen LogP contribution in [0.1, 0.15) is 25.5 Å². The van der Waals surface area contributed by atoms with Crippen LogP contribution in [0.3, 0.4) is 0 Å². The standard InChI is InChI=1S/C17H19N5O2/c1-2-22(10-16(23)24)12-7-11(8-12)19-17-13-5-3-4-6-14(13)20-21-15(17)9-18/h3-6,11-12H,2,7-8,10H2,1H3,(H,19,20)(H,23,24). The number of hydrogen-bond donors (Lipinski definition) is 2. The smallest absolute Gasteiger partial charge is 0.317 e. The summed E-state index contributed by atoms with van der Waals surface area (Å²) in [6.45, 7) is 2.75. The third-order valence-electron chi connectivity index (χ3n) is 4.50. The maximum absolute atomic E-state index is 10.9. The van der Waals surface area contributed by atoms with Crippen molar-refractivity contribution in [2.24, 2.45) is 0 Å². The number of benzene rings is 1. The van der Waals surface area contributed by atoms with E-state index in [9.17, 15) is 10.1 Å². The van der Waals surface area contributed by atoms with Gasteiger partial charge in [0, 0.05) is 17.5 Å². The van der Waals surface area contributed by atoms with Crippen LogP contribution in [-0.2, 0) is 4.79 Å². The van der Waals surface area contributed by atoms with Crippen LogP contribution in [0.4, 0.5) is 5.69 Å². The molecule has 7 nitrogen and oxygen atoms in total. The molecule has 0 radical (unpaired) electrons. The van der Waals surface area contributed by atoms with Gasteiger partial charge in [0.1, 0.15) is 6.07 Å². The molecule has 0 bridgehead atoms. The van der Waals surface area contributed by atoms with Gasteiger partial charge in [-0.05, 0) is 25.5 Å². The monoisotopic (exact) mass is 325 g/mol. The highest BCUT2D eigenvalue weighted by Crippen LogP contribution is 2.32. The lowest BCUT2D eigenvalue weighted by Gasteiger charge is -2.42. The molecule has 7 heteroatoms. The van der Waals surface area contributed by atoms with Crippen molar-refractivity contribution in [3.63, 3.8) is 0 Å². The zero-order chi connectivity index (χ0) is 17.1. The van der Waals surface area contributed by atoms with Crippen molar-refractivity contribution in [2.75, 3.05) is 18.4 Å². The van der Waals surface area contributed by atoms with Gasteiger partial charge >= 0.3 is 5.97 Å². The summed E-state index contributed by atoms with van der Waals surface area (Å²) < 4.78 is 0. The number of carboxylic acids is 1. The number of nitrogens with zero attached hydrogens (tertiary/aromatic N) is 4. The van der Waals surface area contributed by atoms with E-state index in [0.29, 0.717) is 12.2 Å². The fraction of sp³-hybridized carbons (Fsp3) is 0.412. The highest BCUT2D eigenvalue weighted by Gasteiger charge is 2.34. The third-order valence-corrected chi connectivity index (χ3v) is 4.50. The first-order valence-electron chi connectivity index (χ1n) is 8.00. The molecule has 124 valence electrons. The van der Waals surface area contributed by atoms with E-state index in [-0.39, 0.29) is 24.3 Å². The molecule has 3 rings (SSSR count). The van der Waals surface area contributed by atoms with E-state index in [4.69, 9.17) is 5.11 Å². The summed E-state index contributed by atoms with van der Waals surface area (Å²) in [6, 6.07) is 10.1. The summed E-state index contributed by atoms with van der Waals surface area (Å²) in [5.41, 5.74) is 1.75. The minimum Gasteiger partial charge on any atom is -0.480 e. The molecular weight excluding hydrogens is 306 g/mol. The Morgan fingerprint density at radius 3 is 2.83 bits per heavy atom. The van der Waals surface area contributed by atoms with E-state index in [1.54, 1.807) is 0 Å². The topological polar surface area (TPSA) is 102 Å². The number of carboxylic acid groups (broad SMARTS) is 1. The average Bonchev–Trinajstić information content (AvgIpc) is 2.55. The van der Waals surface area contributed by atoms with Gasteiger partial charge in [0.2, 0.25) is 0 Å². The third kappa shape index (κ3) is 3.14. The fourth-order valence-electron chi connectivity index (χ4n) is 3.16. The number of aromatic nitrogens is 2. The molecule has 2 N–H and O–H groups in total. The Kier molecular flexibility index (Phi) is 4.58. The maximum Gasteiger partial charge on any atom is 0.317 e. The Balaban J connectivity index is 1.73. The van der Waals surface area contributed by atoms with Crippen molar-refractivity contribution in [3.05, 3.63) is 30.0 Å². The molecule has 0 spiro atoms. The molecule has 0 unspecified atom stereocenters. The van der Waals surface area contributed by atoms with Crippen molar-refractivity contribution in [1.82, 2.24) is 15.1 Å². The second-order valence-corrected chi connectivity index (χ2v) is 5.98. The number of rotatable bonds is 6. The number of aliphatic carboxylic acids is 1. The fourth-order valence-corrected chi connectivity index (χ4v) is 3.16. The Morgan fingerprint density at radius 1 is 1.42 bits per heavy atom. The Bertz CT molecular complexity index is 795. The number of fused-ring (bicyclic) bond motifs is 1. The molecule has 1 aliphatic rings. The van der Waals surface area contributed by atoms with Gasteiger partial charge in [-0.3, -0.25) is 9.69 Å². The Labute approximate surface area is 139 Å². The molecule has 1 aromatic carbocycles. The van der Waals surface area contributed by atoms with Crippen LogP contribution in [0.2, 0.25) is 0 Å². The van der Waals surface area contributed by atoms with Crippen molar-refractivity contribution in [2.45, 2.75) is 31.8 Å². The van der Waals surface area contributed by atoms with Crippen LogP contribution in [-0.4, -0.2) is 51.3 Å². The number of nitriles is 1. The van der Waals surface area contributed by atoms with Crippen LogP contribution >= 0.6 is 0 Å². The maximum atomic E-state index is 10.9. The zero-order valence-electron chi connectivity index (χ0n) is 13.4. The first kappa shape index (κ1) is 16.1. The van der Waals surface area contributed by atoms with Gasteiger partial charge < -0.3 is 10.4 Å². The normalized spacial score (nSPS) is 19.7. The molecule has 1 heterocycles. The van der Waals surface area contributed by atoms with E-state index in [1.165, 1.54) is 0 Å². The summed E-state index contributed by atoms with van der Waals surface area (Å²) in [4.78, 5) is 12.9. The van der Waals surface area contributed by atoms with Crippen LogP contribution in [0.5, 0.6) is 0 Å². The first-order chi connectivity index (χ1) is 11.6. The van der Waals surface area contributed by atoms with Crippen LogP contribution < -0.4 is 5.32 Å². The number of nitrogens with one attached hydrogen (secondary N) is 1. The van der Waals surface area contributed by atoms with Gasteiger partial charge in [-0.25, -0.2) is 0 Å². The van der Waals surface area contributed by atoms with Gasteiger partial charge in [-0.2, -0.15) is 5.26 Å². The van der Waals surface area contributed by atoms with Gasteiger partial charge in [0.15, 0.2) is 5.69 Å². The summed E-state index contributed by atoms with van der Waals surface area (Å²) >= 11 is 0. The van der Waals surface area contributed by atoms with E-state index >= 15 is 0 Å². The summed E-state index contributed by atoms with van der Waals surface area (Å²) in [5, 5.41) is 30.6. The Morgan fingerprint density at radius 2 is 2.17 bits per heavy atom. The van der Waals surface area contributed by atoms with Crippen LogP contribution in [0.25, 0.3) is 10.9 Å². The van der Waals surface area contributed by atoms with Gasteiger partial charge in [0.25, 0.3) is 0 Å². The van der Waals surface area contributed by atoms with Crippen LogP contribution in [0.15, 0.2) is 24.3 Å². The summed E-state index contributed by atoms with van der Waals surface area (Å²) in [6.07, 6.45) is 1.70. The number of likely N-dealkylation sites (N-methyl/N-ethyl adjacent to an activating group) is 1. The summed E-state index contributed by atoms with van der Waals surface area (Å²) in [7, 11) is 0. The minimum absolute atomic E-state index is 0.0665. The van der Waals surface area contributed by atoms with Crippen molar-refractivity contribution < 1.29 is 9.90 Å². The number of hydrogen-bond acceptors (Lipinski definition) is 6. The molecule has 0 aliphatic heterocycles. The molecule has 0 atom stereocenters. The average molecular weight is 325 g/mol. The highest BCUT2D eigenvalue weighted by atomic mass is 16.4. The van der Waals surface area contributed by atoms with Gasteiger partial charge in [-0.15, -0.1) is 10.2 Å². The van der Waals surface area contributed by atoms with Crippen molar-refractivity contribution >= 4 is 22.6 Å². The molecule has 0 saturated heterocycles. The molecule has 1 fully saturated rings. The predicted octanol–water partition coefficient (Wildman–Crippen LogP) is 1.85. The van der Waals surface area contributed by atoms with Crippen LogP contribution in [0, 0.1) is 11.3 Å². The van der Waals surface area contributed by atoms with E-state index in [1.807, 2.05) is 36.1 Å². The number of carbonyl (C=O) groups is 1. The summed E-state index contributed by atoms with van der Waals surface area (Å²) in [5.74, 6) is -0.802. The minimum atomic E-state index is -0.802. The predicted molar refractivity (Wildman–Crippen MR) is 89.6 cm³/mol. The van der Waals surface area contributed by atoms with Gasteiger partial charge in [0.05, 0.1) is 17.7 Å². The Hall–Kier alpha value is -2.72. The van der Waals surface area contributed by atoms with Crippen molar-refractivity contribution in [3.8, 4) is 6.07 Å². The second kappa shape index (κ2) is 6.81. The first-order valence-corrected chi connectivity index (χ1v) is 8.00. The van der Waals surface area contributed by atoms with Crippen molar-refractivity contribution in [1.29, 1.82) is 5.26 Å². The lowest BCUT2D eigenvalue weighted by atomic mass is 9.85. The van der Waals surface area contributed by atoms with E-state index in [0.717, 1.165) is 23.7 Å². The van der Waals surface area contributed by atoms with Gasteiger partial charge in [-0.1, -0.05) is 25.1 Å². The zero-order valence-corrected chi connectivity index (χ0v) is 13.4. The molecule has 2 aromatic rings. The highest BCUT2D eigenvalue weighted by molar-refractivity contribution is 5.92. The molecule has 0 amide bonds. The molecule has 1 aromatic heterocycles. The lowest BCUT2D eigenvalue weighted by molar-refractivity contribution is -0.139. The quantitative estimate of drug-likeness (QED) is 0.835.